The fraction of sp³-hybridized carbons (Fsp3) is 0.286. The first-order chi connectivity index (χ1) is 14.3. The second kappa shape index (κ2) is 10.8. The first kappa shape index (κ1) is 22.7. The van der Waals surface area contributed by atoms with Crippen molar-refractivity contribution in [3.63, 3.8) is 0 Å². The lowest BCUT2D eigenvalue weighted by molar-refractivity contribution is -0.123. The number of amides is 3. The smallest absolute Gasteiger partial charge is 0.338 e. The highest BCUT2D eigenvalue weighted by atomic mass is 19.1. The molecule has 8 nitrogen and oxygen atoms in total. The standard InChI is InChI=1S/C21H23FN2O6/c1-4-28-17-9-8-15(11-18(17)29-5-2)23-21(27)24-19(25)12-30-20(26)14-7-6-13(3)16(22)10-14/h6-11H,4-5,12H2,1-3H3,(H2,23,24,25,27). The lowest BCUT2D eigenvalue weighted by Crippen LogP contribution is -2.37. The second-order valence-corrected chi connectivity index (χ2v) is 6.07. The zero-order chi connectivity index (χ0) is 22.1. The van der Waals surface area contributed by atoms with Crippen LogP contribution >= 0.6 is 0 Å². The van der Waals surface area contributed by atoms with E-state index in [-0.39, 0.29) is 5.56 Å². The molecule has 9 heteroatoms. The summed E-state index contributed by atoms with van der Waals surface area (Å²) < 4.78 is 29.2. The number of carbonyl (C=O) groups excluding carboxylic acids is 3. The topological polar surface area (TPSA) is 103 Å². The van der Waals surface area contributed by atoms with Gasteiger partial charge in [0.05, 0.1) is 18.8 Å². The summed E-state index contributed by atoms with van der Waals surface area (Å²) in [6.07, 6.45) is 0. The fourth-order valence-corrected chi connectivity index (χ4v) is 2.39. The Labute approximate surface area is 173 Å². The molecular weight excluding hydrogens is 395 g/mol. The van der Waals surface area contributed by atoms with Gasteiger partial charge in [-0.25, -0.2) is 14.0 Å². The van der Waals surface area contributed by atoms with Gasteiger partial charge < -0.3 is 19.5 Å². The molecule has 0 aromatic heterocycles. The largest absolute Gasteiger partial charge is 0.490 e. The Morgan fingerprint density at radius 2 is 1.67 bits per heavy atom. The number of rotatable bonds is 8. The van der Waals surface area contributed by atoms with Crippen molar-refractivity contribution in [1.82, 2.24) is 5.32 Å². The van der Waals surface area contributed by atoms with Crippen LogP contribution in [0.5, 0.6) is 11.5 Å². The molecule has 2 aromatic rings. The summed E-state index contributed by atoms with van der Waals surface area (Å²) in [5.74, 6) is -1.31. The minimum Gasteiger partial charge on any atom is -0.490 e. The molecule has 0 spiro atoms. The van der Waals surface area contributed by atoms with E-state index in [0.29, 0.717) is 36.0 Å². The lowest BCUT2D eigenvalue weighted by atomic mass is 10.1. The SMILES string of the molecule is CCOc1ccc(NC(=O)NC(=O)COC(=O)c2ccc(C)c(F)c2)cc1OCC. The maximum absolute atomic E-state index is 13.5. The number of hydrogen-bond donors (Lipinski definition) is 2. The van der Waals surface area contributed by atoms with Gasteiger partial charge in [0.1, 0.15) is 5.82 Å². The fourth-order valence-electron chi connectivity index (χ4n) is 2.39. The molecule has 0 aliphatic carbocycles. The molecule has 2 aromatic carbocycles. The third-order valence-corrected chi connectivity index (χ3v) is 3.80. The number of anilines is 1. The minimum atomic E-state index is -0.877. The molecule has 0 aliphatic heterocycles. The van der Waals surface area contributed by atoms with E-state index < -0.39 is 30.3 Å². The number of ether oxygens (including phenoxy) is 3. The molecule has 0 unspecified atom stereocenters. The molecule has 0 fully saturated rings. The van der Waals surface area contributed by atoms with E-state index in [0.717, 1.165) is 6.07 Å². The van der Waals surface area contributed by atoms with E-state index in [9.17, 15) is 18.8 Å². The van der Waals surface area contributed by atoms with E-state index in [1.807, 2.05) is 19.2 Å². The second-order valence-electron chi connectivity index (χ2n) is 6.07. The number of aryl methyl sites for hydroxylation is 1. The normalized spacial score (nSPS) is 10.1. The Morgan fingerprint density at radius 1 is 0.967 bits per heavy atom. The predicted molar refractivity (Wildman–Crippen MR) is 107 cm³/mol. The molecule has 3 amide bonds. The van der Waals surface area contributed by atoms with Gasteiger partial charge in [-0.05, 0) is 50.6 Å². The number of urea groups is 1. The Hall–Kier alpha value is -3.62. The van der Waals surface area contributed by atoms with Gasteiger partial charge in [0.15, 0.2) is 18.1 Å². The van der Waals surface area contributed by atoms with Crippen LogP contribution in [0.3, 0.4) is 0 Å². The van der Waals surface area contributed by atoms with Crippen LogP contribution in [0.15, 0.2) is 36.4 Å². The van der Waals surface area contributed by atoms with Crippen LogP contribution in [-0.2, 0) is 9.53 Å². The van der Waals surface area contributed by atoms with Crippen molar-refractivity contribution in [2.45, 2.75) is 20.8 Å². The average molecular weight is 418 g/mol. The highest BCUT2D eigenvalue weighted by Gasteiger charge is 2.14. The van der Waals surface area contributed by atoms with Crippen molar-refractivity contribution in [2.75, 3.05) is 25.1 Å². The Kier molecular flexibility index (Phi) is 8.16. The number of imide groups is 1. The molecule has 0 atom stereocenters. The third-order valence-electron chi connectivity index (χ3n) is 3.80. The van der Waals surface area contributed by atoms with E-state index in [2.05, 4.69) is 5.32 Å². The summed E-state index contributed by atoms with van der Waals surface area (Å²) in [7, 11) is 0. The van der Waals surface area contributed by atoms with Crippen LogP contribution in [0, 0.1) is 12.7 Å². The van der Waals surface area contributed by atoms with Crippen LogP contribution in [0.25, 0.3) is 0 Å². The van der Waals surface area contributed by atoms with Gasteiger partial charge in [-0.3, -0.25) is 10.1 Å². The summed E-state index contributed by atoms with van der Waals surface area (Å²) in [5, 5.41) is 4.51. The van der Waals surface area contributed by atoms with E-state index >= 15 is 0 Å². The maximum atomic E-state index is 13.5. The number of esters is 1. The number of benzene rings is 2. The summed E-state index contributed by atoms with van der Waals surface area (Å²) in [6, 6.07) is 7.79. The van der Waals surface area contributed by atoms with Crippen molar-refractivity contribution in [1.29, 1.82) is 0 Å². The molecule has 0 bridgehead atoms. The van der Waals surface area contributed by atoms with Gasteiger partial charge in [-0.1, -0.05) is 6.07 Å². The molecule has 2 N–H and O–H groups in total. The van der Waals surface area contributed by atoms with Crippen LogP contribution in [0.1, 0.15) is 29.8 Å². The van der Waals surface area contributed by atoms with Crippen molar-refractivity contribution in [2.24, 2.45) is 0 Å². The van der Waals surface area contributed by atoms with Gasteiger partial charge in [-0.15, -0.1) is 0 Å². The van der Waals surface area contributed by atoms with Gasteiger partial charge in [0, 0.05) is 11.8 Å². The van der Waals surface area contributed by atoms with Crippen molar-refractivity contribution >= 4 is 23.6 Å². The molecule has 160 valence electrons. The zero-order valence-electron chi connectivity index (χ0n) is 16.9. The Balaban J connectivity index is 1.88. The molecule has 0 saturated carbocycles. The first-order valence-corrected chi connectivity index (χ1v) is 9.27. The summed E-state index contributed by atoms with van der Waals surface area (Å²) in [5.41, 5.74) is 0.718. The number of carbonyl (C=O) groups is 3. The summed E-state index contributed by atoms with van der Waals surface area (Å²) >= 11 is 0. The molecule has 30 heavy (non-hydrogen) atoms. The van der Waals surface area contributed by atoms with Gasteiger partial charge in [0.2, 0.25) is 0 Å². The predicted octanol–water partition coefficient (Wildman–Crippen LogP) is 3.44. The van der Waals surface area contributed by atoms with Gasteiger partial charge in [-0.2, -0.15) is 0 Å². The van der Waals surface area contributed by atoms with Gasteiger partial charge in [0.25, 0.3) is 5.91 Å². The quantitative estimate of drug-likeness (QED) is 0.637. The monoisotopic (exact) mass is 418 g/mol. The first-order valence-electron chi connectivity index (χ1n) is 9.27. The molecule has 2 rings (SSSR count). The van der Waals surface area contributed by atoms with Crippen molar-refractivity contribution in [3.05, 3.63) is 53.3 Å². The Morgan fingerprint density at radius 3 is 2.33 bits per heavy atom. The van der Waals surface area contributed by atoms with Crippen molar-refractivity contribution < 1.29 is 33.0 Å². The summed E-state index contributed by atoms with van der Waals surface area (Å²) in [4.78, 5) is 35.7. The minimum absolute atomic E-state index is 0.0341. The lowest BCUT2D eigenvalue weighted by Gasteiger charge is -2.13. The zero-order valence-corrected chi connectivity index (χ0v) is 16.9. The van der Waals surface area contributed by atoms with E-state index in [1.165, 1.54) is 12.1 Å². The molecule has 0 heterocycles. The van der Waals surface area contributed by atoms with E-state index in [4.69, 9.17) is 14.2 Å². The average Bonchev–Trinajstić information content (AvgIpc) is 2.70. The Bertz CT molecular complexity index is 932. The highest BCUT2D eigenvalue weighted by molar-refractivity contribution is 6.02. The van der Waals surface area contributed by atoms with E-state index in [1.54, 1.807) is 25.1 Å². The van der Waals surface area contributed by atoms with Crippen LogP contribution in [0.2, 0.25) is 0 Å². The third kappa shape index (κ3) is 6.47. The molecule has 0 aliphatic rings. The van der Waals surface area contributed by atoms with Crippen LogP contribution in [-0.4, -0.2) is 37.7 Å². The van der Waals surface area contributed by atoms with Gasteiger partial charge >= 0.3 is 12.0 Å². The van der Waals surface area contributed by atoms with Crippen LogP contribution in [0.4, 0.5) is 14.9 Å². The number of hydrogen-bond acceptors (Lipinski definition) is 6. The highest BCUT2D eigenvalue weighted by Crippen LogP contribution is 2.30. The maximum Gasteiger partial charge on any atom is 0.338 e. The number of halogens is 1. The molecular formula is C21H23FN2O6. The number of nitrogens with one attached hydrogen (secondary N) is 2. The summed E-state index contributed by atoms with van der Waals surface area (Å²) in [6.45, 7) is 5.37. The van der Waals surface area contributed by atoms with Crippen LogP contribution < -0.4 is 20.1 Å². The molecule has 0 saturated heterocycles. The van der Waals surface area contributed by atoms with Crippen molar-refractivity contribution in [3.8, 4) is 11.5 Å². The molecule has 0 radical (unpaired) electrons.